The van der Waals surface area contributed by atoms with Gasteiger partial charge in [0.1, 0.15) is 24.4 Å². The van der Waals surface area contributed by atoms with Gasteiger partial charge in [-0.15, -0.1) is 0 Å². The van der Waals surface area contributed by atoms with Crippen LogP contribution in [0.1, 0.15) is 0 Å². The summed E-state index contributed by atoms with van der Waals surface area (Å²) in [4.78, 5) is 19.9. The summed E-state index contributed by atoms with van der Waals surface area (Å²) < 4.78 is 0. The molecule has 0 fully saturated rings. The maximum absolute atomic E-state index is 9.96. The number of aliphatic hydroxyl groups is 4. The van der Waals surface area contributed by atoms with Crippen LogP contribution in [0.2, 0.25) is 0 Å². The molecule has 0 spiro atoms. The van der Waals surface area contributed by atoms with E-state index in [1.165, 1.54) is 0 Å². The number of aliphatic hydroxyl groups excluding tert-OH is 4. The minimum absolute atomic E-state index is 0. The topological polar surface area (TPSA) is 161 Å². The number of hydrogen-bond donors (Lipinski definition) is 4. The molecule has 9 heteroatoms. The molecule has 0 aliphatic heterocycles. The van der Waals surface area contributed by atoms with Crippen LogP contribution >= 0.6 is 0 Å². The molecule has 0 amide bonds. The van der Waals surface area contributed by atoms with Crippen LogP contribution in [0.3, 0.4) is 0 Å². The fourth-order valence-electron chi connectivity index (χ4n) is 0.652. The summed E-state index contributed by atoms with van der Waals surface area (Å²) in [6.45, 7) is 0. The number of carboxylic acids is 2. The second kappa shape index (κ2) is 7.52. The van der Waals surface area contributed by atoms with Crippen LogP contribution in [0.4, 0.5) is 0 Å². The van der Waals surface area contributed by atoms with Crippen LogP contribution in [0.25, 0.3) is 0 Å². The van der Waals surface area contributed by atoms with Gasteiger partial charge >= 0.3 is 45.5 Å². The van der Waals surface area contributed by atoms with Crippen molar-refractivity contribution in [2.24, 2.45) is 0 Å². The number of carbonyl (C=O) groups excluding carboxylic acids is 2. The van der Waals surface area contributed by atoms with Crippen LogP contribution < -0.4 is 10.2 Å². The molecule has 0 aromatic carbocycles. The van der Waals surface area contributed by atoms with Gasteiger partial charge in [-0.2, -0.15) is 0 Å². The van der Waals surface area contributed by atoms with Crippen LogP contribution in [-0.4, -0.2) is 102 Å². The molecule has 0 aromatic rings. The Kier molecular flexibility index (Phi) is 8.85. The Morgan fingerprint density at radius 2 is 1.00 bits per heavy atom. The van der Waals surface area contributed by atoms with Gasteiger partial charge in [0, 0.05) is 0 Å². The van der Waals surface area contributed by atoms with Gasteiger partial charge in [0.2, 0.25) is 0 Å². The summed E-state index contributed by atoms with van der Waals surface area (Å²) in [5.74, 6) is -4.22. The summed E-state index contributed by atoms with van der Waals surface area (Å²) in [5, 5.41) is 54.7. The molecular formula is C6H8O8Sr. The molecule has 4 N–H and O–H groups in total. The van der Waals surface area contributed by atoms with Crippen molar-refractivity contribution in [1.82, 2.24) is 0 Å². The van der Waals surface area contributed by atoms with Gasteiger partial charge in [-0.25, -0.2) is 0 Å². The molecule has 0 aliphatic carbocycles. The maximum Gasteiger partial charge on any atom is 2.00 e. The van der Waals surface area contributed by atoms with Crippen molar-refractivity contribution >= 4 is 57.4 Å². The summed E-state index contributed by atoms with van der Waals surface area (Å²) in [6.07, 6.45) is -9.76. The molecule has 0 saturated heterocycles. The Balaban J connectivity index is 0. The van der Waals surface area contributed by atoms with Gasteiger partial charge in [0.15, 0.2) is 0 Å². The smallest absolute Gasteiger partial charge is 0.547 e. The molecule has 0 saturated carbocycles. The molecule has 15 heavy (non-hydrogen) atoms. The molecule has 0 rings (SSSR count). The van der Waals surface area contributed by atoms with E-state index in [-0.39, 0.29) is 45.5 Å². The first-order valence-electron chi connectivity index (χ1n) is 3.43. The Morgan fingerprint density at radius 3 is 1.13 bits per heavy atom. The second-order valence-electron chi connectivity index (χ2n) is 2.51. The third-order valence-corrected chi connectivity index (χ3v) is 1.48. The van der Waals surface area contributed by atoms with Crippen LogP contribution in [-0.2, 0) is 9.59 Å². The molecule has 82 valence electrons. The van der Waals surface area contributed by atoms with E-state index in [1.807, 2.05) is 0 Å². The van der Waals surface area contributed by atoms with Gasteiger partial charge < -0.3 is 40.2 Å². The average Bonchev–Trinajstić information content (AvgIpc) is 2.12. The number of carboxylic acid groups (broad SMARTS) is 2. The van der Waals surface area contributed by atoms with Crippen molar-refractivity contribution in [3.05, 3.63) is 0 Å². The molecule has 0 bridgehead atoms. The Hall–Kier alpha value is 0.261. The zero-order valence-corrected chi connectivity index (χ0v) is 10.9. The van der Waals surface area contributed by atoms with Crippen LogP contribution in [0.15, 0.2) is 0 Å². The van der Waals surface area contributed by atoms with Gasteiger partial charge in [-0.1, -0.05) is 0 Å². The average molecular weight is 296 g/mol. The first-order chi connectivity index (χ1) is 6.29. The van der Waals surface area contributed by atoms with E-state index >= 15 is 0 Å². The van der Waals surface area contributed by atoms with Gasteiger partial charge in [-0.05, 0) is 0 Å². The molecule has 4 atom stereocenters. The predicted octanol–water partition coefficient (Wildman–Crippen LogP) is -6.45. The summed E-state index contributed by atoms with van der Waals surface area (Å²) >= 11 is 0. The first-order valence-corrected chi connectivity index (χ1v) is 3.43. The Labute approximate surface area is 121 Å². The predicted molar refractivity (Wildman–Crippen MR) is 39.8 cm³/mol. The van der Waals surface area contributed by atoms with E-state index in [0.717, 1.165) is 0 Å². The van der Waals surface area contributed by atoms with Crippen molar-refractivity contribution in [2.75, 3.05) is 0 Å². The quantitative estimate of drug-likeness (QED) is 0.364. The van der Waals surface area contributed by atoms with Gasteiger partial charge in [0.25, 0.3) is 0 Å². The summed E-state index contributed by atoms with van der Waals surface area (Å²) in [5.41, 5.74) is 0. The van der Waals surface area contributed by atoms with Crippen molar-refractivity contribution in [2.45, 2.75) is 24.4 Å². The molecule has 0 heterocycles. The van der Waals surface area contributed by atoms with E-state index in [2.05, 4.69) is 0 Å². The monoisotopic (exact) mass is 296 g/mol. The first kappa shape index (κ1) is 17.6. The second-order valence-corrected chi connectivity index (χ2v) is 2.51. The molecule has 0 unspecified atom stereocenters. The van der Waals surface area contributed by atoms with E-state index in [1.54, 1.807) is 0 Å². The zero-order valence-electron chi connectivity index (χ0n) is 7.44. The SMILES string of the molecule is O=C([O-])[C@@H](O)[C@H](O)[C@H](O)[C@H](O)C(=O)[O-].[Sr+2]. The van der Waals surface area contributed by atoms with E-state index in [4.69, 9.17) is 20.4 Å². The van der Waals surface area contributed by atoms with Crippen LogP contribution in [0, 0.1) is 0 Å². The van der Waals surface area contributed by atoms with E-state index in [0.29, 0.717) is 0 Å². The van der Waals surface area contributed by atoms with Crippen molar-refractivity contribution < 1.29 is 40.2 Å². The Morgan fingerprint density at radius 1 is 0.800 bits per heavy atom. The van der Waals surface area contributed by atoms with Crippen molar-refractivity contribution in [3.63, 3.8) is 0 Å². The van der Waals surface area contributed by atoms with E-state index < -0.39 is 36.4 Å². The normalized spacial score (nSPS) is 18.1. The molecular weight excluding hydrogens is 288 g/mol. The number of hydrogen-bond acceptors (Lipinski definition) is 8. The number of rotatable bonds is 5. The minimum Gasteiger partial charge on any atom is -0.547 e. The van der Waals surface area contributed by atoms with Crippen LogP contribution in [0.5, 0.6) is 0 Å². The molecule has 0 radical (unpaired) electrons. The standard InChI is InChI=1S/C6H10O8.Sr/c7-1(3(9)5(11)12)2(8)4(10)6(13)14;/h1-4,7-10H,(H,11,12)(H,13,14);/q;+2/p-2/t1-,2+,3-,4-;/m0./s1. The minimum atomic E-state index is -2.50. The molecule has 0 aliphatic rings. The fraction of sp³-hybridized carbons (Fsp3) is 0.667. The fourth-order valence-corrected chi connectivity index (χ4v) is 0.652. The third kappa shape index (κ3) is 5.22. The third-order valence-electron chi connectivity index (χ3n) is 1.48. The Bertz CT molecular complexity index is 207. The summed E-state index contributed by atoms with van der Waals surface area (Å²) in [6, 6.07) is 0. The van der Waals surface area contributed by atoms with Crippen molar-refractivity contribution in [1.29, 1.82) is 0 Å². The van der Waals surface area contributed by atoms with Crippen molar-refractivity contribution in [3.8, 4) is 0 Å². The van der Waals surface area contributed by atoms with E-state index in [9.17, 15) is 19.8 Å². The molecule has 8 nitrogen and oxygen atoms in total. The molecule has 0 aromatic heterocycles. The maximum atomic E-state index is 9.96. The summed E-state index contributed by atoms with van der Waals surface area (Å²) in [7, 11) is 0. The number of carbonyl (C=O) groups is 2. The number of aliphatic carboxylic acids is 2. The van der Waals surface area contributed by atoms with Gasteiger partial charge in [0.05, 0.1) is 11.9 Å². The largest absolute Gasteiger partial charge is 2.00 e. The van der Waals surface area contributed by atoms with Gasteiger partial charge in [-0.3, -0.25) is 0 Å². The zero-order chi connectivity index (χ0) is 11.5.